The molecule has 3 aromatic rings. The minimum Gasteiger partial charge on any atom is -0.399 e. The highest BCUT2D eigenvalue weighted by atomic mass is 16.6. The number of nitro benzene ring substituents is 1. The summed E-state index contributed by atoms with van der Waals surface area (Å²) in [6.07, 6.45) is 4.24. The van der Waals surface area contributed by atoms with E-state index in [1.807, 2.05) is 12.2 Å². The third-order valence-corrected chi connectivity index (χ3v) is 3.62. The van der Waals surface area contributed by atoms with E-state index < -0.39 is 4.92 Å². The Morgan fingerprint density at radius 1 is 1.17 bits per heavy atom. The highest BCUT2D eigenvalue weighted by Crippen LogP contribution is 2.18. The molecule has 0 spiro atoms. The second kappa shape index (κ2) is 6.33. The van der Waals surface area contributed by atoms with Gasteiger partial charge in [0.05, 0.1) is 16.0 Å². The minimum atomic E-state index is -0.435. The molecule has 0 aliphatic heterocycles. The standard InChI is InChI=1S/C17H14N4O3/c18-12-6-9-14-15(10-12)17(22)20-19-16(14)3-1-2-11-4-7-13(8-5-11)21(23)24/h1-2,4-10H,3,18H2,(H,20,22). The summed E-state index contributed by atoms with van der Waals surface area (Å²) in [5.74, 6) is 0. The summed E-state index contributed by atoms with van der Waals surface area (Å²) in [5, 5.41) is 18.4. The molecule has 0 unspecified atom stereocenters. The van der Waals surface area contributed by atoms with Crippen molar-refractivity contribution < 1.29 is 4.92 Å². The van der Waals surface area contributed by atoms with Gasteiger partial charge in [0, 0.05) is 29.6 Å². The lowest BCUT2D eigenvalue weighted by Gasteiger charge is -2.03. The number of nitrogens with two attached hydrogens (primary N) is 1. The molecule has 0 aliphatic rings. The highest BCUT2D eigenvalue weighted by Gasteiger charge is 2.06. The molecule has 0 saturated carbocycles. The normalized spacial score (nSPS) is 11.2. The molecule has 3 rings (SSSR count). The van der Waals surface area contributed by atoms with Crippen molar-refractivity contribution in [1.29, 1.82) is 0 Å². The summed E-state index contributed by atoms with van der Waals surface area (Å²) in [4.78, 5) is 22.0. The highest BCUT2D eigenvalue weighted by molar-refractivity contribution is 5.86. The molecule has 0 radical (unpaired) electrons. The quantitative estimate of drug-likeness (QED) is 0.435. The van der Waals surface area contributed by atoms with Crippen LogP contribution in [-0.4, -0.2) is 15.1 Å². The average molecular weight is 322 g/mol. The molecule has 1 heterocycles. The number of hydrogen-bond donors (Lipinski definition) is 2. The molecule has 0 atom stereocenters. The molecule has 7 nitrogen and oxygen atoms in total. The predicted molar refractivity (Wildman–Crippen MR) is 92.6 cm³/mol. The summed E-state index contributed by atoms with van der Waals surface area (Å²) in [6.45, 7) is 0. The Hall–Kier alpha value is -3.48. The fourth-order valence-corrected chi connectivity index (χ4v) is 2.41. The lowest BCUT2D eigenvalue weighted by molar-refractivity contribution is -0.384. The van der Waals surface area contributed by atoms with Crippen LogP contribution in [0, 0.1) is 10.1 Å². The number of H-pyrrole nitrogens is 1. The zero-order valence-electron chi connectivity index (χ0n) is 12.6. The van der Waals surface area contributed by atoms with Crippen molar-refractivity contribution in [1.82, 2.24) is 10.2 Å². The Bertz CT molecular complexity index is 991. The molecule has 0 saturated heterocycles. The number of nitrogens with zero attached hydrogens (tertiary/aromatic N) is 2. The van der Waals surface area contributed by atoms with Gasteiger partial charge in [-0.1, -0.05) is 18.2 Å². The Morgan fingerprint density at radius 3 is 2.62 bits per heavy atom. The predicted octanol–water partition coefficient (Wildman–Crippen LogP) is 2.67. The van der Waals surface area contributed by atoms with Crippen molar-refractivity contribution >= 4 is 28.2 Å². The van der Waals surface area contributed by atoms with Crippen LogP contribution in [0.1, 0.15) is 11.3 Å². The fourth-order valence-electron chi connectivity index (χ4n) is 2.41. The Morgan fingerprint density at radius 2 is 1.92 bits per heavy atom. The first-order valence-electron chi connectivity index (χ1n) is 7.22. The van der Waals surface area contributed by atoms with Gasteiger partial charge < -0.3 is 5.73 Å². The van der Waals surface area contributed by atoms with Crippen molar-refractivity contribution in [2.45, 2.75) is 6.42 Å². The number of allylic oxidation sites excluding steroid dienone is 1. The zero-order chi connectivity index (χ0) is 17.1. The number of nitro groups is 1. The summed E-state index contributed by atoms with van der Waals surface area (Å²) in [7, 11) is 0. The summed E-state index contributed by atoms with van der Waals surface area (Å²) in [6, 6.07) is 11.4. The number of hydrogen-bond acceptors (Lipinski definition) is 5. The van der Waals surface area contributed by atoms with Gasteiger partial charge in [-0.3, -0.25) is 14.9 Å². The van der Waals surface area contributed by atoms with Gasteiger partial charge in [-0.05, 0) is 29.8 Å². The van der Waals surface area contributed by atoms with E-state index in [0.717, 1.165) is 16.6 Å². The van der Waals surface area contributed by atoms with Crippen molar-refractivity contribution in [3.63, 3.8) is 0 Å². The molecule has 0 fully saturated rings. The van der Waals surface area contributed by atoms with E-state index in [2.05, 4.69) is 10.2 Å². The number of aromatic nitrogens is 2. The van der Waals surface area contributed by atoms with E-state index in [-0.39, 0.29) is 11.2 Å². The van der Waals surface area contributed by atoms with Crippen molar-refractivity contribution in [2.75, 3.05) is 5.73 Å². The first-order valence-corrected chi connectivity index (χ1v) is 7.22. The van der Waals surface area contributed by atoms with E-state index in [0.29, 0.717) is 17.5 Å². The van der Waals surface area contributed by atoms with Crippen LogP contribution in [0.25, 0.3) is 16.8 Å². The van der Waals surface area contributed by atoms with E-state index in [4.69, 9.17) is 5.73 Å². The third kappa shape index (κ3) is 3.14. The Balaban J connectivity index is 1.84. The molecule has 3 N–H and O–H groups in total. The van der Waals surface area contributed by atoms with Crippen LogP contribution in [0.5, 0.6) is 0 Å². The number of anilines is 1. The first kappa shape index (κ1) is 15.4. The van der Waals surface area contributed by atoms with Crippen LogP contribution in [-0.2, 0) is 6.42 Å². The van der Waals surface area contributed by atoms with E-state index in [1.165, 1.54) is 12.1 Å². The average Bonchev–Trinajstić information content (AvgIpc) is 2.57. The molecule has 0 amide bonds. The van der Waals surface area contributed by atoms with Gasteiger partial charge in [-0.15, -0.1) is 0 Å². The zero-order valence-corrected chi connectivity index (χ0v) is 12.6. The SMILES string of the molecule is Nc1ccc2c(CC=Cc3ccc([N+](=O)[O-])cc3)n[nH]c(=O)c2c1. The van der Waals surface area contributed by atoms with Crippen molar-refractivity contribution in [3.8, 4) is 0 Å². The van der Waals surface area contributed by atoms with Crippen LogP contribution in [0.15, 0.2) is 53.3 Å². The molecule has 0 aliphatic carbocycles. The molecule has 24 heavy (non-hydrogen) atoms. The number of nitrogen functional groups attached to an aromatic ring is 1. The molecule has 0 bridgehead atoms. The number of nitrogens with one attached hydrogen (secondary N) is 1. The summed E-state index contributed by atoms with van der Waals surface area (Å²) in [5.41, 5.74) is 7.58. The Labute approximate surface area is 136 Å². The van der Waals surface area contributed by atoms with E-state index >= 15 is 0 Å². The van der Waals surface area contributed by atoms with Gasteiger partial charge in [-0.2, -0.15) is 5.10 Å². The van der Waals surface area contributed by atoms with Gasteiger partial charge in [0.1, 0.15) is 0 Å². The lowest BCUT2D eigenvalue weighted by Crippen LogP contribution is -2.11. The third-order valence-electron chi connectivity index (χ3n) is 3.62. The Kier molecular flexibility index (Phi) is 4.07. The number of non-ortho nitro benzene ring substituents is 1. The second-order valence-corrected chi connectivity index (χ2v) is 5.26. The molecule has 2 aromatic carbocycles. The molecule has 120 valence electrons. The molecular weight excluding hydrogens is 308 g/mol. The maximum absolute atomic E-state index is 11.8. The summed E-state index contributed by atoms with van der Waals surface area (Å²) < 4.78 is 0. The first-order chi connectivity index (χ1) is 11.5. The fraction of sp³-hybridized carbons (Fsp3) is 0.0588. The van der Waals surface area contributed by atoms with Crippen LogP contribution in [0.4, 0.5) is 11.4 Å². The lowest BCUT2D eigenvalue weighted by atomic mass is 10.1. The largest absolute Gasteiger partial charge is 0.399 e. The van der Waals surface area contributed by atoms with Gasteiger partial charge in [0.2, 0.25) is 0 Å². The van der Waals surface area contributed by atoms with Gasteiger partial charge in [0.15, 0.2) is 0 Å². The number of rotatable bonds is 4. The maximum atomic E-state index is 11.8. The van der Waals surface area contributed by atoms with Gasteiger partial charge in [0.25, 0.3) is 11.2 Å². The molecule has 1 aromatic heterocycles. The van der Waals surface area contributed by atoms with Crippen LogP contribution in [0.2, 0.25) is 0 Å². The number of fused-ring (bicyclic) bond motifs is 1. The smallest absolute Gasteiger partial charge is 0.272 e. The topological polar surface area (TPSA) is 115 Å². The molecular formula is C17H14N4O3. The van der Waals surface area contributed by atoms with E-state index in [9.17, 15) is 14.9 Å². The number of benzene rings is 2. The monoisotopic (exact) mass is 322 g/mol. The number of aromatic amines is 1. The maximum Gasteiger partial charge on any atom is 0.272 e. The van der Waals surface area contributed by atoms with Crippen LogP contribution >= 0.6 is 0 Å². The van der Waals surface area contributed by atoms with Crippen molar-refractivity contribution in [2.24, 2.45) is 0 Å². The van der Waals surface area contributed by atoms with E-state index in [1.54, 1.807) is 30.3 Å². The van der Waals surface area contributed by atoms with Crippen LogP contribution in [0.3, 0.4) is 0 Å². The van der Waals surface area contributed by atoms with Gasteiger partial charge in [-0.25, -0.2) is 5.10 Å². The van der Waals surface area contributed by atoms with Gasteiger partial charge >= 0.3 is 0 Å². The molecule has 7 heteroatoms. The second-order valence-electron chi connectivity index (χ2n) is 5.26. The minimum absolute atomic E-state index is 0.0537. The summed E-state index contributed by atoms with van der Waals surface area (Å²) >= 11 is 0. The van der Waals surface area contributed by atoms with Crippen molar-refractivity contribution in [3.05, 3.63) is 80.3 Å². The van der Waals surface area contributed by atoms with Crippen LogP contribution < -0.4 is 11.3 Å².